The van der Waals surface area contributed by atoms with Crippen LogP contribution in [-0.2, 0) is 9.59 Å². The molecule has 0 radical (unpaired) electrons. The Morgan fingerprint density at radius 2 is 1.66 bits per heavy atom. The second kappa shape index (κ2) is 10.1. The molecule has 1 N–H and O–H groups in total. The molecule has 0 spiro atoms. The van der Waals surface area contributed by atoms with Gasteiger partial charge in [-0.15, -0.1) is 0 Å². The van der Waals surface area contributed by atoms with Gasteiger partial charge >= 0.3 is 0 Å². The van der Waals surface area contributed by atoms with Crippen LogP contribution in [0.5, 0.6) is 0 Å². The number of hydrogen-bond donors (Lipinski definition) is 1. The summed E-state index contributed by atoms with van der Waals surface area (Å²) in [4.78, 5) is 41.4. The van der Waals surface area contributed by atoms with E-state index in [4.69, 9.17) is 34.8 Å². The van der Waals surface area contributed by atoms with Crippen molar-refractivity contribution in [2.45, 2.75) is 13.8 Å². The Hall–Kier alpha value is -3.32. The van der Waals surface area contributed by atoms with E-state index in [2.05, 4.69) is 5.32 Å². The summed E-state index contributed by atoms with van der Waals surface area (Å²) < 4.78 is 0. The number of carbonyl (C=O) groups excluding carboxylic acids is 3. The van der Waals surface area contributed by atoms with E-state index in [1.54, 1.807) is 29.2 Å². The molecule has 0 fully saturated rings. The number of carbonyl (C=O) groups is 3. The average Bonchev–Trinajstić information content (AvgIpc) is 3.03. The second-order valence-electron chi connectivity index (χ2n) is 7.82. The van der Waals surface area contributed by atoms with Gasteiger partial charge < -0.3 is 10.2 Å². The largest absolute Gasteiger partial charge is 0.350 e. The summed E-state index contributed by atoms with van der Waals surface area (Å²) in [5, 5.41) is 3.14. The van der Waals surface area contributed by atoms with Crippen molar-refractivity contribution in [3.8, 4) is 0 Å². The van der Waals surface area contributed by atoms with Crippen LogP contribution in [0.15, 0.2) is 77.5 Å². The molecule has 0 aliphatic carbocycles. The summed E-state index contributed by atoms with van der Waals surface area (Å²) in [5.41, 5.74) is 2.92. The lowest BCUT2D eigenvalue weighted by molar-refractivity contribution is -0.120. The van der Waals surface area contributed by atoms with Gasteiger partial charge in [0.05, 0.1) is 10.7 Å². The third-order valence-corrected chi connectivity index (χ3v) is 6.34. The number of anilines is 3. The van der Waals surface area contributed by atoms with E-state index < -0.39 is 11.8 Å². The molecule has 1 aliphatic rings. The van der Waals surface area contributed by atoms with Crippen molar-refractivity contribution in [2.24, 2.45) is 0 Å². The Kier molecular flexibility index (Phi) is 7.17. The molecule has 0 saturated carbocycles. The summed E-state index contributed by atoms with van der Waals surface area (Å²) in [6.45, 7) is 4.38. The van der Waals surface area contributed by atoms with Crippen LogP contribution in [0.1, 0.15) is 22.8 Å². The number of nitrogens with one attached hydrogen (secondary N) is 1. The van der Waals surface area contributed by atoms with Crippen LogP contribution in [0.3, 0.4) is 0 Å². The monoisotopic (exact) mass is 527 g/mol. The molecule has 3 aromatic rings. The highest BCUT2D eigenvalue weighted by molar-refractivity contribution is 6.54. The molecule has 0 atom stereocenters. The van der Waals surface area contributed by atoms with Gasteiger partial charge in [0.2, 0.25) is 0 Å². The smallest absolute Gasteiger partial charge is 0.283 e. The van der Waals surface area contributed by atoms with Crippen molar-refractivity contribution < 1.29 is 14.4 Å². The molecule has 1 aliphatic heterocycles. The Morgan fingerprint density at radius 1 is 0.943 bits per heavy atom. The van der Waals surface area contributed by atoms with Crippen LogP contribution in [0.4, 0.5) is 17.1 Å². The fourth-order valence-electron chi connectivity index (χ4n) is 3.73. The number of halogens is 3. The van der Waals surface area contributed by atoms with E-state index in [1.807, 2.05) is 38.1 Å². The third-order valence-electron chi connectivity index (χ3n) is 5.45. The lowest BCUT2D eigenvalue weighted by Gasteiger charge is -2.21. The quantitative estimate of drug-likeness (QED) is 0.376. The molecular formula is C26H20Cl3N3O3. The Labute approximate surface area is 217 Å². The summed E-state index contributed by atoms with van der Waals surface area (Å²) in [6.07, 6.45) is 0. The summed E-state index contributed by atoms with van der Waals surface area (Å²) >= 11 is 18.3. The number of rotatable bonds is 6. The Morgan fingerprint density at radius 3 is 2.29 bits per heavy atom. The first-order valence-corrected chi connectivity index (χ1v) is 11.8. The minimum absolute atomic E-state index is 0.0864. The molecule has 9 heteroatoms. The number of benzene rings is 3. The molecule has 0 saturated heterocycles. The van der Waals surface area contributed by atoms with Gasteiger partial charge in [0.25, 0.3) is 17.7 Å². The minimum atomic E-state index is -0.702. The van der Waals surface area contributed by atoms with Crippen LogP contribution in [-0.4, -0.2) is 24.3 Å². The van der Waals surface area contributed by atoms with E-state index in [1.165, 1.54) is 18.2 Å². The number of hydrogen-bond acceptors (Lipinski definition) is 4. The van der Waals surface area contributed by atoms with Crippen LogP contribution in [0.25, 0.3) is 0 Å². The highest BCUT2D eigenvalue weighted by Gasteiger charge is 2.39. The van der Waals surface area contributed by atoms with Crippen molar-refractivity contribution in [2.75, 3.05) is 21.7 Å². The Balaban J connectivity index is 1.53. The van der Waals surface area contributed by atoms with Crippen molar-refractivity contribution in [3.05, 3.63) is 98.6 Å². The lowest BCUT2D eigenvalue weighted by atomic mass is 10.1. The Bertz CT molecular complexity index is 1370. The summed E-state index contributed by atoms with van der Waals surface area (Å²) in [5.74, 6) is -1.51. The van der Waals surface area contributed by atoms with E-state index in [0.717, 1.165) is 16.2 Å². The molecule has 0 bridgehead atoms. The van der Waals surface area contributed by atoms with Gasteiger partial charge in [0.15, 0.2) is 0 Å². The van der Waals surface area contributed by atoms with Crippen molar-refractivity contribution in [1.29, 1.82) is 0 Å². The van der Waals surface area contributed by atoms with Gasteiger partial charge in [-0.2, -0.15) is 0 Å². The van der Waals surface area contributed by atoms with Gasteiger partial charge in [-0.3, -0.25) is 14.4 Å². The summed E-state index contributed by atoms with van der Waals surface area (Å²) in [7, 11) is 0. The van der Waals surface area contributed by atoms with Crippen LogP contribution in [0, 0.1) is 6.92 Å². The first-order valence-electron chi connectivity index (χ1n) is 10.7. The van der Waals surface area contributed by atoms with E-state index in [9.17, 15) is 14.4 Å². The highest BCUT2D eigenvalue weighted by atomic mass is 35.5. The molecule has 35 heavy (non-hydrogen) atoms. The minimum Gasteiger partial charge on any atom is -0.350 e. The van der Waals surface area contributed by atoms with E-state index in [0.29, 0.717) is 22.8 Å². The number of amides is 3. The first-order chi connectivity index (χ1) is 16.7. The zero-order valence-electron chi connectivity index (χ0n) is 18.8. The highest BCUT2D eigenvalue weighted by Crippen LogP contribution is 2.35. The maximum Gasteiger partial charge on any atom is 0.283 e. The van der Waals surface area contributed by atoms with E-state index >= 15 is 0 Å². The first kappa shape index (κ1) is 24.8. The zero-order valence-corrected chi connectivity index (χ0v) is 21.1. The van der Waals surface area contributed by atoms with Crippen molar-refractivity contribution >= 4 is 69.6 Å². The topological polar surface area (TPSA) is 69.7 Å². The molecule has 3 aromatic carbocycles. The predicted octanol–water partition coefficient (Wildman–Crippen LogP) is 6.40. The molecule has 178 valence electrons. The van der Waals surface area contributed by atoms with Crippen LogP contribution >= 0.6 is 34.8 Å². The standard InChI is InChI=1S/C26H20Cl3N3O3/c1-3-31(19-6-4-5-15(2)13-19)24(33)16-7-10-18(11-8-16)30-23-22(29)25(34)32(26(23)35)21-12-9-17(27)14-20(21)28/h4-14,30H,3H2,1-2H3. The second-order valence-corrected chi connectivity index (χ2v) is 9.04. The number of nitrogens with zero attached hydrogens (tertiary/aromatic N) is 2. The average molecular weight is 529 g/mol. The molecule has 3 amide bonds. The van der Waals surface area contributed by atoms with Gasteiger partial charge in [-0.05, 0) is 74.0 Å². The molecule has 4 rings (SSSR count). The van der Waals surface area contributed by atoms with Crippen LogP contribution in [0.2, 0.25) is 10.0 Å². The number of imide groups is 1. The van der Waals surface area contributed by atoms with Crippen molar-refractivity contribution in [1.82, 2.24) is 0 Å². The van der Waals surface area contributed by atoms with Gasteiger partial charge in [0, 0.05) is 28.5 Å². The SMILES string of the molecule is CCN(C(=O)c1ccc(NC2=C(Cl)C(=O)N(c3ccc(Cl)cc3Cl)C2=O)cc1)c1cccc(C)c1. The van der Waals surface area contributed by atoms with Gasteiger partial charge in [-0.25, -0.2) is 4.90 Å². The summed E-state index contributed by atoms with van der Waals surface area (Å²) in [6, 6.07) is 18.7. The van der Waals surface area contributed by atoms with Gasteiger partial charge in [-0.1, -0.05) is 46.9 Å². The molecule has 1 heterocycles. The fraction of sp³-hybridized carbons (Fsp3) is 0.115. The third kappa shape index (κ3) is 4.91. The van der Waals surface area contributed by atoms with Crippen molar-refractivity contribution in [3.63, 3.8) is 0 Å². The normalized spacial score (nSPS) is 13.5. The predicted molar refractivity (Wildman–Crippen MR) is 140 cm³/mol. The van der Waals surface area contributed by atoms with Gasteiger partial charge in [0.1, 0.15) is 10.7 Å². The molecule has 6 nitrogen and oxygen atoms in total. The lowest BCUT2D eigenvalue weighted by Crippen LogP contribution is -2.32. The zero-order chi connectivity index (χ0) is 25.3. The maximum atomic E-state index is 13.1. The van der Waals surface area contributed by atoms with E-state index in [-0.39, 0.29) is 27.3 Å². The molecule has 0 unspecified atom stereocenters. The molecular weight excluding hydrogens is 509 g/mol. The number of aryl methyl sites for hydroxylation is 1. The van der Waals surface area contributed by atoms with Crippen LogP contribution < -0.4 is 15.1 Å². The molecule has 0 aromatic heterocycles. The maximum absolute atomic E-state index is 13.1. The fourth-order valence-corrected chi connectivity index (χ4v) is 4.43.